The van der Waals surface area contributed by atoms with Gasteiger partial charge < -0.3 is 9.31 Å². The van der Waals surface area contributed by atoms with Crippen LogP contribution in [0.5, 0.6) is 0 Å². The molecule has 4 nitrogen and oxygen atoms in total. The Morgan fingerprint density at radius 1 is 0.392 bits per heavy atom. The molecule has 0 N–H and O–H groups in total. The third-order valence-corrected chi connectivity index (χ3v) is 10.2. The van der Waals surface area contributed by atoms with Crippen LogP contribution < -0.4 is 5.46 Å². The van der Waals surface area contributed by atoms with Crippen molar-refractivity contribution in [3.8, 4) is 67.3 Å². The molecule has 1 fully saturated rings. The number of aromatic nitrogens is 2. The molecular weight excluding hydrogens is 623 g/mol. The molecule has 5 heteroatoms. The summed E-state index contributed by atoms with van der Waals surface area (Å²) in [5, 5.41) is 0. The minimum Gasteiger partial charge on any atom is -0.399 e. The molecule has 0 radical (unpaired) electrons. The second-order valence-corrected chi connectivity index (χ2v) is 14.1. The standard InChI is InChI=1S/C46H39BN2O2/c1-45(2)46(3,4)51-47(50-45)37-28-29-39(35-26-24-33(25-27-35)32-16-8-5-9-17-32)41(30-37)43-31-42(48-44(49-43)36-20-12-7-13-21-36)40-23-15-14-22-38(40)34-18-10-6-11-19-34/h5-31H,1-4H3. The molecule has 51 heavy (non-hydrogen) atoms. The van der Waals surface area contributed by atoms with Crippen molar-refractivity contribution in [2.75, 3.05) is 0 Å². The maximum atomic E-state index is 6.55. The zero-order chi connectivity index (χ0) is 35.0. The van der Waals surface area contributed by atoms with E-state index in [9.17, 15) is 0 Å². The first-order valence-electron chi connectivity index (χ1n) is 17.5. The normalized spacial score (nSPS) is 14.8. The van der Waals surface area contributed by atoms with Crippen LogP contribution in [0.15, 0.2) is 164 Å². The van der Waals surface area contributed by atoms with Gasteiger partial charge in [-0.05, 0) is 72.6 Å². The van der Waals surface area contributed by atoms with Gasteiger partial charge in [0.25, 0.3) is 0 Å². The van der Waals surface area contributed by atoms with Crippen molar-refractivity contribution in [2.45, 2.75) is 38.9 Å². The summed E-state index contributed by atoms with van der Waals surface area (Å²) in [6, 6.07) is 57.0. The van der Waals surface area contributed by atoms with E-state index in [1.807, 2.05) is 30.3 Å². The third-order valence-electron chi connectivity index (χ3n) is 10.2. The summed E-state index contributed by atoms with van der Waals surface area (Å²) >= 11 is 0. The molecule has 0 unspecified atom stereocenters. The number of benzene rings is 6. The Kier molecular flexibility index (Phi) is 8.47. The van der Waals surface area contributed by atoms with Crippen molar-refractivity contribution in [3.05, 3.63) is 164 Å². The monoisotopic (exact) mass is 662 g/mol. The molecule has 8 rings (SSSR count). The highest BCUT2D eigenvalue weighted by molar-refractivity contribution is 6.62. The fourth-order valence-electron chi connectivity index (χ4n) is 6.64. The fraction of sp³-hybridized carbons (Fsp3) is 0.130. The van der Waals surface area contributed by atoms with Crippen LogP contribution in [0.25, 0.3) is 67.3 Å². The second kappa shape index (κ2) is 13.3. The zero-order valence-electron chi connectivity index (χ0n) is 29.4. The van der Waals surface area contributed by atoms with E-state index < -0.39 is 18.3 Å². The van der Waals surface area contributed by atoms with Gasteiger partial charge in [0.1, 0.15) is 0 Å². The molecule has 1 aliphatic heterocycles. The predicted octanol–water partition coefficient (Wildman–Crippen LogP) is 10.8. The molecular formula is C46H39BN2O2. The van der Waals surface area contributed by atoms with Crippen molar-refractivity contribution >= 4 is 12.6 Å². The molecule has 0 atom stereocenters. The van der Waals surface area contributed by atoms with Gasteiger partial charge in [-0.15, -0.1) is 0 Å². The molecule has 7 aromatic rings. The van der Waals surface area contributed by atoms with Gasteiger partial charge >= 0.3 is 7.12 Å². The summed E-state index contributed by atoms with van der Waals surface area (Å²) in [7, 11) is -0.517. The molecule has 0 amide bonds. The molecule has 1 saturated heterocycles. The topological polar surface area (TPSA) is 44.2 Å². The van der Waals surface area contributed by atoms with Crippen molar-refractivity contribution in [2.24, 2.45) is 0 Å². The van der Waals surface area contributed by atoms with Crippen molar-refractivity contribution < 1.29 is 9.31 Å². The molecule has 2 heterocycles. The van der Waals surface area contributed by atoms with E-state index in [1.165, 1.54) is 11.1 Å². The average Bonchev–Trinajstić information content (AvgIpc) is 3.41. The summed E-state index contributed by atoms with van der Waals surface area (Å²) in [6.45, 7) is 8.35. The number of hydrogen-bond acceptors (Lipinski definition) is 4. The third kappa shape index (κ3) is 6.43. The van der Waals surface area contributed by atoms with Gasteiger partial charge in [-0.3, -0.25) is 0 Å². The number of rotatable bonds is 7. The molecule has 0 spiro atoms. The minimum absolute atomic E-state index is 0.465. The molecule has 0 aliphatic carbocycles. The fourth-order valence-corrected chi connectivity index (χ4v) is 6.64. The molecule has 0 bridgehead atoms. The predicted molar refractivity (Wildman–Crippen MR) is 210 cm³/mol. The lowest BCUT2D eigenvalue weighted by Crippen LogP contribution is -2.41. The van der Waals surface area contributed by atoms with E-state index >= 15 is 0 Å². The lowest BCUT2D eigenvalue weighted by atomic mass is 9.76. The molecule has 1 aromatic heterocycles. The Balaban J connectivity index is 1.33. The van der Waals surface area contributed by atoms with Crippen molar-refractivity contribution in [3.63, 3.8) is 0 Å². The van der Waals surface area contributed by atoms with E-state index in [0.29, 0.717) is 5.82 Å². The zero-order valence-corrected chi connectivity index (χ0v) is 29.4. The molecule has 248 valence electrons. The quantitative estimate of drug-likeness (QED) is 0.159. The minimum atomic E-state index is -0.517. The summed E-state index contributed by atoms with van der Waals surface area (Å²) in [4.78, 5) is 10.5. The Morgan fingerprint density at radius 3 is 1.43 bits per heavy atom. The van der Waals surface area contributed by atoms with Gasteiger partial charge in [0.15, 0.2) is 5.82 Å². The number of nitrogens with zero attached hydrogens (tertiary/aromatic N) is 2. The van der Waals surface area contributed by atoms with Gasteiger partial charge in [-0.2, -0.15) is 0 Å². The highest BCUT2D eigenvalue weighted by Gasteiger charge is 2.51. The average molecular weight is 663 g/mol. The van der Waals surface area contributed by atoms with Crippen LogP contribution in [0, 0.1) is 0 Å². The highest BCUT2D eigenvalue weighted by atomic mass is 16.7. The van der Waals surface area contributed by atoms with Crippen LogP contribution in [0.1, 0.15) is 27.7 Å². The van der Waals surface area contributed by atoms with E-state index in [0.717, 1.165) is 55.8 Å². The number of hydrogen-bond donors (Lipinski definition) is 0. The van der Waals surface area contributed by atoms with Crippen molar-refractivity contribution in [1.29, 1.82) is 0 Å². The van der Waals surface area contributed by atoms with Crippen molar-refractivity contribution in [1.82, 2.24) is 9.97 Å². The summed E-state index contributed by atoms with van der Waals surface area (Å²) in [5.74, 6) is 0.664. The van der Waals surface area contributed by atoms with Crippen LogP contribution >= 0.6 is 0 Å². The molecule has 0 saturated carbocycles. The van der Waals surface area contributed by atoms with E-state index in [2.05, 4.69) is 161 Å². The first kappa shape index (κ1) is 32.6. The van der Waals surface area contributed by atoms with Gasteiger partial charge in [-0.1, -0.05) is 158 Å². The van der Waals surface area contributed by atoms with E-state index in [-0.39, 0.29) is 0 Å². The van der Waals surface area contributed by atoms with Crippen LogP contribution in [-0.2, 0) is 9.31 Å². The maximum absolute atomic E-state index is 6.55. The highest BCUT2D eigenvalue weighted by Crippen LogP contribution is 2.40. The van der Waals surface area contributed by atoms with Crippen LogP contribution in [0.2, 0.25) is 0 Å². The lowest BCUT2D eigenvalue weighted by molar-refractivity contribution is 0.00578. The van der Waals surface area contributed by atoms with Gasteiger partial charge in [-0.25, -0.2) is 9.97 Å². The van der Waals surface area contributed by atoms with E-state index in [1.54, 1.807) is 0 Å². The molecule has 1 aliphatic rings. The largest absolute Gasteiger partial charge is 0.494 e. The van der Waals surface area contributed by atoms with Gasteiger partial charge in [0.2, 0.25) is 0 Å². The van der Waals surface area contributed by atoms with Crippen LogP contribution in [-0.4, -0.2) is 28.3 Å². The SMILES string of the molecule is CC1(C)OB(c2ccc(-c3ccc(-c4ccccc4)cc3)c(-c3cc(-c4ccccc4-c4ccccc4)nc(-c4ccccc4)n3)c2)OC1(C)C. The Labute approximate surface area is 301 Å². The first-order chi connectivity index (χ1) is 24.8. The van der Waals surface area contributed by atoms with Gasteiger partial charge in [0.05, 0.1) is 22.6 Å². The first-order valence-corrected chi connectivity index (χ1v) is 17.5. The lowest BCUT2D eigenvalue weighted by Gasteiger charge is -2.32. The second-order valence-electron chi connectivity index (χ2n) is 14.1. The van der Waals surface area contributed by atoms with E-state index in [4.69, 9.17) is 19.3 Å². The maximum Gasteiger partial charge on any atom is 0.494 e. The Bertz CT molecular complexity index is 2290. The summed E-state index contributed by atoms with van der Waals surface area (Å²) < 4.78 is 13.1. The molecule has 6 aromatic carbocycles. The Morgan fingerprint density at radius 2 is 0.824 bits per heavy atom. The van der Waals surface area contributed by atoms with Crippen LogP contribution in [0.4, 0.5) is 0 Å². The summed E-state index contributed by atoms with van der Waals surface area (Å²) in [6.07, 6.45) is 0. The van der Waals surface area contributed by atoms with Crippen LogP contribution in [0.3, 0.4) is 0 Å². The smallest absolute Gasteiger partial charge is 0.399 e. The summed E-state index contributed by atoms with van der Waals surface area (Å²) in [5.41, 5.74) is 11.4. The van der Waals surface area contributed by atoms with Gasteiger partial charge in [0, 0.05) is 16.7 Å². The Hall–Kier alpha value is -5.62.